The number of amides is 1. The Bertz CT molecular complexity index is 1450. The van der Waals surface area contributed by atoms with Gasteiger partial charge in [-0.3, -0.25) is 4.79 Å². The van der Waals surface area contributed by atoms with E-state index in [9.17, 15) is 62.4 Å². The van der Waals surface area contributed by atoms with Gasteiger partial charge in [0.25, 0.3) is 0 Å². The molecule has 2 aromatic rings. The third-order valence-corrected chi connectivity index (χ3v) is 7.69. The van der Waals surface area contributed by atoms with Crippen LogP contribution in [0, 0.1) is 23.0 Å². The molecule has 0 radical (unpaired) electrons. The molecule has 224 valence electrons. The van der Waals surface area contributed by atoms with Gasteiger partial charge in [0.05, 0.1) is 35.4 Å². The van der Waals surface area contributed by atoms with E-state index in [0.29, 0.717) is 18.2 Å². The topological polar surface area (TPSA) is 90.3 Å². The first kappa shape index (κ1) is 32.0. The first-order valence-electron chi connectivity index (χ1n) is 11.5. The van der Waals surface area contributed by atoms with Crippen LogP contribution in [0.15, 0.2) is 42.5 Å². The van der Waals surface area contributed by atoms with Gasteiger partial charge in [0.2, 0.25) is 5.91 Å². The van der Waals surface area contributed by atoms with E-state index in [1.54, 1.807) is 6.07 Å². The molecule has 0 aromatic heterocycles. The third-order valence-electron chi connectivity index (χ3n) is 6.12. The lowest BCUT2D eigenvalue weighted by Gasteiger charge is -2.36. The summed E-state index contributed by atoms with van der Waals surface area (Å²) in [6.45, 7) is -2.54. The molecule has 2 aromatic carbocycles. The van der Waals surface area contributed by atoms with Crippen molar-refractivity contribution in [1.82, 2.24) is 5.32 Å². The molecule has 0 bridgehead atoms. The van der Waals surface area contributed by atoms with E-state index in [4.69, 9.17) is 0 Å². The summed E-state index contributed by atoms with van der Waals surface area (Å²) in [5.41, 5.74) is -5.07. The molecule has 1 aliphatic carbocycles. The molecular formula is C24H19F10N3O3S. The van der Waals surface area contributed by atoms with Crippen molar-refractivity contribution in [2.45, 2.75) is 48.5 Å². The van der Waals surface area contributed by atoms with E-state index < -0.39 is 92.1 Å². The molecule has 1 atom stereocenters. The fourth-order valence-electron chi connectivity index (χ4n) is 3.86. The van der Waals surface area contributed by atoms with Crippen LogP contribution in [0.3, 0.4) is 0 Å². The van der Waals surface area contributed by atoms with Crippen LogP contribution >= 0.6 is 0 Å². The Hall–Kier alpha value is -3.55. The van der Waals surface area contributed by atoms with Crippen LogP contribution in [0.4, 0.5) is 49.6 Å². The van der Waals surface area contributed by atoms with Crippen LogP contribution in [0.2, 0.25) is 0 Å². The quantitative estimate of drug-likeness (QED) is 0.372. The molecule has 0 saturated heterocycles. The highest BCUT2D eigenvalue weighted by Gasteiger charge is 2.59. The van der Waals surface area contributed by atoms with E-state index in [2.05, 4.69) is 0 Å². The fourth-order valence-corrected chi connectivity index (χ4v) is 5.51. The number of nitriles is 1. The van der Waals surface area contributed by atoms with E-state index in [1.165, 1.54) is 0 Å². The maximum absolute atomic E-state index is 14.7. The first-order chi connectivity index (χ1) is 18.7. The van der Waals surface area contributed by atoms with Crippen LogP contribution in [0.1, 0.15) is 24.0 Å². The van der Waals surface area contributed by atoms with Gasteiger partial charge < -0.3 is 10.2 Å². The predicted octanol–water partition coefficient (Wildman–Crippen LogP) is 5.14. The Morgan fingerprint density at radius 3 is 2.15 bits per heavy atom. The molecule has 0 aliphatic heterocycles. The number of alkyl halides is 8. The molecule has 41 heavy (non-hydrogen) atoms. The number of hydrogen-bond donors (Lipinski definition) is 1. The van der Waals surface area contributed by atoms with Crippen molar-refractivity contribution in [2.75, 3.05) is 17.2 Å². The molecule has 1 amide bonds. The molecule has 3 rings (SSSR count). The second-order valence-corrected chi connectivity index (χ2v) is 11.4. The number of carbonyl (C=O) groups excluding carboxylic acids is 1. The molecule has 0 spiro atoms. The van der Waals surface area contributed by atoms with Crippen molar-refractivity contribution in [1.29, 1.82) is 5.26 Å². The van der Waals surface area contributed by atoms with E-state index in [0.717, 1.165) is 18.2 Å². The number of carbonyl (C=O) groups is 1. The average Bonchev–Trinajstić information content (AvgIpc) is 3.60. The standard InChI is InChI=1S/C24H19F10N3O3S/c25-15-5-6-18(17(26)9-15)37(13-22(27,28)24(32,33)34)19(20(38)36-21(12-35)7-8-21)11-41(39,40)10-14-3-1-2-4-16(14)23(29,30)31/h1-6,9,19H,7-8,10-11,13H2,(H,36,38). The average molecular weight is 619 g/mol. The SMILES string of the molecule is N#CC1(NC(=O)C(CS(=O)(=O)Cc2ccccc2C(F)(F)F)N(CC(F)(F)C(F)(F)F)c2ccc(F)cc2F)CC1. The van der Waals surface area contributed by atoms with Gasteiger partial charge >= 0.3 is 18.3 Å². The van der Waals surface area contributed by atoms with Crippen LogP contribution in [0.5, 0.6) is 0 Å². The number of anilines is 1. The highest BCUT2D eigenvalue weighted by atomic mass is 32.2. The van der Waals surface area contributed by atoms with E-state index in [1.807, 2.05) is 5.32 Å². The molecule has 1 unspecified atom stereocenters. The Balaban J connectivity index is 2.13. The van der Waals surface area contributed by atoms with Gasteiger partial charge in [0.15, 0.2) is 9.84 Å². The lowest BCUT2D eigenvalue weighted by Crippen LogP contribution is -2.58. The van der Waals surface area contributed by atoms with Gasteiger partial charge in [-0.15, -0.1) is 0 Å². The van der Waals surface area contributed by atoms with Gasteiger partial charge in [-0.1, -0.05) is 18.2 Å². The Labute approximate surface area is 226 Å². The van der Waals surface area contributed by atoms with Crippen LogP contribution in [0.25, 0.3) is 0 Å². The molecule has 1 saturated carbocycles. The minimum atomic E-state index is -6.28. The molecule has 1 fully saturated rings. The largest absolute Gasteiger partial charge is 0.455 e. The monoisotopic (exact) mass is 619 g/mol. The number of rotatable bonds is 10. The lowest BCUT2D eigenvalue weighted by molar-refractivity contribution is -0.277. The minimum Gasteiger partial charge on any atom is -0.350 e. The number of nitrogens with zero attached hydrogens (tertiary/aromatic N) is 2. The molecular weight excluding hydrogens is 600 g/mol. The second-order valence-electron chi connectivity index (χ2n) is 9.33. The third kappa shape index (κ3) is 7.60. The molecule has 1 aliphatic rings. The summed E-state index contributed by atoms with van der Waals surface area (Å²) in [4.78, 5) is 12.9. The highest BCUT2D eigenvalue weighted by molar-refractivity contribution is 7.90. The van der Waals surface area contributed by atoms with Crippen molar-refractivity contribution in [2.24, 2.45) is 0 Å². The summed E-state index contributed by atoms with van der Waals surface area (Å²) in [6, 6.07) is 3.26. The summed E-state index contributed by atoms with van der Waals surface area (Å²) >= 11 is 0. The van der Waals surface area contributed by atoms with Gasteiger partial charge in [0.1, 0.15) is 23.2 Å². The number of hydrogen-bond acceptors (Lipinski definition) is 5. The summed E-state index contributed by atoms with van der Waals surface area (Å²) in [7, 11) is -4.98. The van der Waals surface area contributed by atoms with Gasteiger partial charge in [-0.25, -0.2) is 17.2 Å². The predicted molar refractivity (Wildman–Crippen MR) is 123 cm³/mol. The fraction of sp³-hybridized carbons (Fsp3) is 0.417. The number of sulfone groups is 1. The minimum absolute atomic E-state index is 0.00269. The zero-order valence-electron chi connectivity index (χ0n) is 20.5. The Morgan fingerprint density at radius 1 is 1.02 bits per heavy atom. The Kier molecular flexibility index (Phi) is 8.60. The molecule has 6 nitrogen and oxygen atoms in total. The van der Waals surface area contributed by atoms with Crippen LogP contribution < -0.4 is 10.2 Å². The lowest BCUT2D eigenvalue weighted by atomic mass is 10.1. The highest BCUT2D eigenvalue weighted by Crippen LogP contribution is 2.39. The number of benzene rings is 2. The zero-order valence-corrected chi connectivity index (χ0v) is 21.3. The zero-order chi connectivity index (χ0) is 31.0. The smallest absolute Gasteiger partial charge is 0.350 e. The van der Waals surface area contributed by atoms with Crippen LogP contribution in [-0.4, -0.2) is 50.3 Å². The normalized spacial score (nSPS) is 16.0. The number of nitrogens with one attached hydrogen (secondary N) is 1. The summed E-state index contributed by atoms with van der Waals surface area (Å²) in [5, 5.41) is 11.3. The summed E-state index contributed by atoms with van der Waals surface area (Å²) in [6.07, 6.45) is -11.3. The maximum Gasteiger partial charge on any atom is 0.455 e. The second kappa shape index (κ2) is 11.0. The molecule has 0 heterocycles. The van der Waals surface area contributed by atoms with Gasteiger partial charge in [-0.2, -0.15) is 40.4 Å². The summed E-state index contributed by atoms with van der Waals surface area (Å²) in [5.74, 6) is -13.5. The van der Waals surface area contributed by atoms with Crippen molar-refractivity contribution in [3.05, 3.63) is 65.2 Å². The van der Waals surface area contributed by atoms with Gasteiger partial charge in [-0.05, 0) is 36.6 Å². The van der Waals surface area contributed by atoms with Crippen molar-refractivity contribution in [3.8, 4) is 6.07 Å². The van der Waals surface area contributed by atoms with Gasteiger partial charge in [0, 0.05) is 6.07 Å². The van der Waals surface area contributed by atoms with Crippen molar-refractivity contribution >= 4 is 21.4 Å². The first-order valence-corrected chi connectivity index (χ1v) is 13.3. The molecule has 17 heteroatoms. The Morgan fingerprint density at radius 2 is 1.63 bits per heavy atom. The van der Waals surface area contributed by atoms with Crippen molar-refractivity contribution in [3.63, 3.8) is 0 Å². The van der Waals surface area contributed by atoms with Crippen LogP contribution in [-0.2, 0) is 26.6 Å². The maximum atomic E-state index is 14.7. The van der Waals surface area contributed by atoms with E-state index in [-0.39, 0.29) is 23.8 Å². The van der Waals surface area contributed by atoms with E-state index >= 15 is 0 Å². The summed E-state index contributed by atoms with van der Waals surface area (Å²) < 4.78 is 163. The molecule has 1 N–H and O–H groups in total. The van der Waals surface area contributed by atoms with Crippen molar-refractivity contribution < 1.29 is 57.1 Å². The number of halogens is 10.